The Morgan fingerprint density at radius 3 is 2.86 bits per heavy atom. The van der Waals surface area contributed by atoms with Crippen molar-refractivity contribution in [3.8, 4) is 0 Å². The van der Waals surface area contributed by atoms with E-state index in [4.69, 9.17) is 4.42 Å². The molecule has 8 nitrogen and oxygen atoms in total. The SMILES string of the molecule is Cc1ccc(NC(=O)CN2CCNCC2)cc1N(c1cccnc1)c1ncco1. The molecule has 29 heavy (non-hydrogen) atoms. The maximum Gasteiger partial charge on any atom is 0.306 e. The topological polar surface area (TPSA) is 86.5 Å². The molecule has 2 N–H and O–H groups in total. The second-order valence-corrected chi connectivity index (χ2v) is 6.94. The van der Waals surface area contributed by atoms with Gasteiger partial charge in [0.05, 0.1) is 30.3 Å². The summed E-state index contributed by atoms with van der Waals surface area (Å²) in [6.07, 6.45) is 6.61. The number of rotatable bonds is 6. The van der Waals surface area contributed by atoms with Gasteiger partial charge < -0.3 is 15.1 Å². The fourth-order valence-corrected chi connectivity index (χ4v) is 3.37. The first-order valence-corrected chi connectivity index (χ1v) is 9.64. The molecule has 3 heterocycles. The van der Waals surface area contributed by atoms with Gasteiger partial charge in [0, 0.05) is 38.1 Å². The van der Waals surface area contributed by atoms with Gasteiger partial charge in [-0.1, -0.05) is 6.07 Å². The van der Waals surface area contributed by atoms with Crippen LogP contribution in [0.25, 0.3) is 0 Å². The molecular weight excluding hydrogens is 368 g/mol. The van der Waals surface area contributed by atoms with Crippen molar-refractivity contribution in [1.29, 1.82) is 0 Å². The average molecular weight is 392 g/mol. The molecule has 0 spiro atoms. The largest absolute Gasteiger partial charge is 0.432 e. The molecule has 1 saturated heterocycles. The number of amides is 1. The Morgan fingerprint density at radius 1 is 1.28 bits per heavy atom. The number of aryl methyl sites for hydroxylation is 1. The van der Waals surface area contributed by atoms with Crippen LogP contribution in [0.15, 0.2) is 59.6 Å². The summed E-state index contributed by atoms with van der Waals surface area (Å²) in [5.74, 6) is -0.0224. The number of anilines is 4. The standard InChI is InChI=1S/C21H24N6O2/c1-16-4-5-17(25-20(28)15-26-10-7-22-8-11-26)13-19(16)27(21-24-9-12-29-21)18-3-2-6-23-14-18/h2-6,9,12-14,22H,7-8,10-11,15H2,1H3,(H,25,28). The van der Waals surface area contributed by atoms with Gasteiger partial charge in [-0.2, -0.15) is 0 Å². The minimum atomic E-state index is -0.0224. The van der Waals surface area contributed by atoms with Crippen LogP contribution >= 0.6 is 0 Å². The summed E-state index contributed by atoms with van der Waals surface area (Å²) >= 11 is 0. The Bertz CT molecular complexity index is 939. The molecule has 1 fully saturated rings. The number of pyridine rings is 1. The third-order valence-electron chi connectivity index (χ3n) is 4.83. The van der Waals surface area contributed by atoms with Gasteiger partial charge in [-0.25, -0.2) is 4.98 Å². The smallest absolute Gasteiger partial charge is 0.306 e. The molecule has 1 aliphatic rings. The zero-order chi connectivity index (χ0) is 20.1. The maximum absolute atomic E-state index is 12.5. The van der Waals surface area contributed by atoms with E-state index in [-0.39, 0.29) is 5.91 Å². The molecular formula is C21H24N6O2. The van der Waals surface area contributed by atoms with Crippen molar-refractivity contribution < 1.29 is 9.21 Å². The van der Waals surface area contributed by atoms with Gasteiger partial charge in [0.2, 0.25) is 5.91 Å². The van der Waals surface area contributed by atoms with Crippen molar-refractivity contribution in [2.45, 2.75) is 6.92 Å². The van der Waals surface area contributed by atoms with E-state index in [0.29, 0.717) is 12.6 Å². The van der Waals surface area contributed by atoms with Crippen molar-refractivity contribution in [1.82, 2.24) is 20.2 Å². The molecule has 1 aromatic carbocycles. The van der Waals surface area contributed by atoms with Crippen LogP contribution in [0.3, 0.4) is 0 Å². The van der Waals surface area contributed by atoms with E-state index < -0.39 is 0 Å². The predicted molar refractivity (Wildman–Crippen MR) is 112 cm³/mol. The second-order valence-electron chi connectivity index (χ2n) is 6.94. The highest BCUT2D eigenvalue weighted by Gasteiger charge is 2.20. The van der Waals surface area contributed by atoms with Crippen molar-refractivity contribution in [3.05, 3.63) is 60.7 Å². The van der Waals surface area contributed by atoms with E-state index in [1.165, 1.54) is 6.26 Å². The van der Waals surface area contributed by atoms with E-state index in [1.54, 1.807) is 18.6 Å². The molecule has 1 aliphatic heterocycles. The number of carbonyl (C=O) groups is 1. The van der Waals surface area contributed by atoms with Crippen LogP contribution in [0.2, 0.25) is 0 Å². The normalized spacial score (nSPS) is 14.5. The highest BCUT2D eigenvalue weighted by atomic mass is 16.4. The van der Waals surface area contributed by atoms with E-state index in [2.05, 4.69) is 25.5 Å². The number of nitrogens with one attached hydrogen (secondary N) is 2. The molecule has 0 saturated carbocycles. The van der Waals surface area contributed by atoms with Crippen LogP contribution in [0.1, 0.15) is 5.56 Å². The lowest BCUT2D eigenvalue weighted by Gasteiger charge is -2.26. The number of aromatic nitrogens is 2. The van der Waals surface area contributed by atoms with E-state index in [0.717, 1.165) is 48.8 Å². The Kier molecular flexibility index (Phi) is 5.83. The molecule has 8 heteroatoms. The minimum absolute atomic E-state index is 0.0224. The first-order chi connectivity index (χ1) is 14.2. The molecule has 0 unspecified atom stereocenters. The summed E-state index contributed by atoms with van der Waals surface area (Å²) in [4.78, 5) is 25.1. The molecule has 4 rings (SSSR count). The predicted octanol–water partition coefficient (Wildman–Crippen LogP) is 2.69. The summed E-state index contributed by atoms with van der Waals surface area (Å²) in [7, 11) is 0. The van der Waals surface area contributed by atoms with Gasteiger partial charge in [0.25, 0.3) is 0 Å². The van der Waals surface area contributed by atoms with Crippen molar-refractivity contribution in [2.75, 3.05) is 42.9 Å². The number of carbonyl (C=O) groups excluding carboxylic acids is 1. The van der Waals surface area contributed by atoms with Crippen LogP contribution in [0.5, 0.6) is 0 Å². The van der Waals surface area contributed by atoms with Crippen LogP contribution in [0.4, 0.5) is 23.1 Å². The van der Waals surface area contributed by atoms with Gasteiger partial charge in [0.15, 0.2) is 0 Å². The second kappa shape index (κ2) is 8.85. The quantitative estimate of drug-likeness (QED) is 0.667. The third kappa shape index (κ3) is 4.61. The van der Waals surface area contributed by atoms with Gasteiger partial charge in [-0.3, -0.25) is 19.6 Å². The Balaban J connectivity index is 1.58. The molecule has 150 valence electrons. The third-order valence-corrected chi connectivity index (χ3v) is 4.83. The summed E-state index contributed by atoms with van der Waals surface area (Å²) in [6.45, 7) is 5.98. The van der Waals surface area contributed by atoms with Crippen molar-refractivity contribution in [2.24, 2.45) is 0 Å². The Morgan fingerprint density at radius 2 is 2.14 bits per heavy atom. The average Bonchev–Trinajstić information content (AvgIpc) is 3.26. The lowest BCUT2D eigenvalue weighted by atomic mass is 10.1. The molecule has 0 radical (unpaired) electrons. The Hall–Kier alpha value is -3.23. The highest BCUT2D eigenvalue weighted by Crippen LogP contribution is 2.36. The summed E-state index contributed by atoms with van der Waals surface area (Å²) < 4.78 is 5.57. The first-order valence-electron chi connectivity index (χ1n) is 9.64. The zero-order valence-electron chi connectivity index (χ0n) is 16.3. The Labute approximate surface area is 169 Å². The number of hydrogen-bond donors (Lipinski definition) is 2. The lowest BCUT2D eigenvalue weighted by Crippen LogP contribution is -2.46. The number of nitrogens with zero attached hydrogens (tertiary/aromatic N) is 4. The fourth-order valence-electron chi connectivity index (χ4n) is 3.37. The van der Waals surface area contributed by atoms with Gasteiger partial charge in [0.1, 0.15) is 6.26 Å². The van der Waals surface area contributed by atoms with Crippen molar-refractivity contribution >= 4 is 29.0 Å². The molecule has 0 bridgehead atoms. The summed E-state index contributed by atoms with van der Waals surface area (Å²) in [5.41, 5.74) is 3.43. The molecule has 1 amide bonds. The van der Waals surface area contributed by atoms with Crippen LogP contribution in [-0.4, -0.2) is 53.5 Å². The number of piperazine rings is 1. The zero-order valence-corrected chi connectivity index (χ0v) is 16.3. The lowest BCUT2D eigenvalue weighted by molar-refractivity contribution is -0.117. The van der Waals surface area contributed by atoms with Crippen LogP contribution in [0, 0.1) is 6.92 Å². The van der Waals surface area contributed by atoms with Gasteiger partial charge >= 0.3 is 6.01 Å². The molecule has 0 aliphatic carbocycles. The summed E-state index contributed by atoms with van der Waals surface area (Å²) in [6, 6.07) is 10.0. The van der Waals surface area contributed by atoms with Crippen LogP contribution < -0.4 is 15.5 Å². The van der Waals surface area contributed by atoms with E-state index in [1.807, 2.05) is 42.2 Å². The fraction of sp³-hybridized carbons (Fsp3) is 0.286. The first kappa shape index (κ1) is 19.1. The highest BCUT2D eigenvalue weighted by molar-refractivity contribution is 5.93. The van der Waals surface area contributed by atoms with Crippen molar-refractivity contribution in [3.63, 3.8) is 0 Å². The van der Waals surface area contributed by atoms with E-state index in [9.17, 15) is 4.79 Å². The van der Waals surface area contributed by atoms with Gasteiger partial charge in [-0.05, 0) is 36.8 Å². The number of benzene rings is 1. The minimum Gasteiger partial charge on any atom is -0.432 e. The molecule has 2 aromatic heterocycles. The van der Waals surface area contributed by atoms with Gasteiger partial charge in [-0.15, -0.1) is 0 Å². The summed E-state index contributed by atoms with van der Waals surface area (Å²) in [5, 5.41) is 6.31. The van der Waals surface area contributed by atoms with E-state index >= 15 is 0 Å². The molecule has 0 atom stereocenters. The number of hydrogen-bond acceptors (Lipinski definition) is 7. The monoisotopic (exact) mass is 392 g/mol. The number of oxazole rings is 1. The molecule has 3 aromatic rings. The maximum atomic E-state index is 12.5. The van der Waals surface area contributed by atoms with Crippen LogP contribution in [-0.2, 0) is 4.79 Å².